The van der Waals surface area contributed by atoms with E-state index in [1.165, 1.54) is 19.3 Å². The average Bonchev–Trinajstić information content (AvgIpc) is 2.89. The molecule has 0 radical (unpaired) electrons. The summed E-state index contributed by atoms with van der Waals surface area (Å²) >= 11 is 0. The van der Waals surface area contributed by atoms with Crippen LogP contribution in [0.4, 0.5) is 5.82 Å². The van der Waals surface area contributed by atoms with Gasteiger partial charge >= 0.3 is 0 Å². The zero-order valence-corrected chi connectivity index (χ0v) is 9.34. The molecule has 3 rings (SSSR count). The quantitative estimate of drug-likeness (QED) is 0.812. The number of aromatic nitrogens is 2. The lowest BCUT2D eigenvalue weighted by Crippen LogP contribution is -2.22. The monoisotopic (exact) mass is 219 g/mol. The van der Waals surface area contributed by atoms with Crippen molar-refractivity contribution in [1.82, 2.24) is 10.2 Å². The zero-order chi connectivity index (χ0) is 11.0. The third kappa shape index (κ3) is 1.67. The molecule has 4 heteroatoms. The van der Waals surface area contributed by atoms with E-state index in [4.69, 9.17) is 5.11 Å². The standard InChI is InChI=1S/C12H17N3O/c16-8-11-4-5-12(14-13-11)15-6-9-2-1-3-10(9)7-15/h4-5,9-10,16H,1-3,6-8H2. The number of nitrogens with zero attached hydrogens (tertiary/aromatic N) is 3. The fourth-order valence-electron chi connectivity index (χ4n) is 3.03. The highest BCUT2D eigenvalue weighted by molar-refractivity contribution is 5.39. The van der Waals surface area contributed by atoms with Crippen LogP contribution in [0.3, 0.4) is 0 Å². The normalized spacial score (nSPS) is 28.4. The Balaban J connectivity index is 1.73. The van der Waals surface area contributed by atoms with Gasteiger partial charge in [-0.2, -0.15) is 5.10 Å². The molecule has 0 amide bonds. The van der Waals surface area contributed by atoms with Crippen molar-refractivity contribution in [3.63, 3.8) is 0 Å². The van der Waals surface area contributed by atoms with Crippen LogP contribution in [-0.2, 0) is 6.61 Å². The van der Waals surface area contributed by atoms with Gasteiger partial charge < -0.3 is 10.0 Å². The first-order chi connectivity index (χ1) is 7.86. The predicted molar refractivity (Wildman–Crippen MR) is 61.0 cm³/mol. The van der Waals surface area contributed by atoms with Crippen LogP contribution in [0.5, 0.6) is 0 Å². The van der Waals surface area contributed by atoms with Crippen LogP contribution in [0.25, 0.3) is 0 Å². The lowest BCUT2D eigenvalue weighted by molar-refractivity contribution is 0.275. The number of fused-ring (bicyclic) bond motifs is 1. The van der Waals surface area contributed by atoms with Gasteiger partial charge in [0.25, 0.3) is 0 Å². The molecule has 1 aromatic heterocycles. The van der Waals surface area contributed by atoms with Crippen molar-refractivity contribution in [3.8, 4) is 0 Å². The Morgan fingerprint density at radius 1 is 1.19 bits per heavy atom. The molecule has 1 N–H and O–H groups in total. The second-order valence-electron chi connectivity index (χ2n) is 4.90. The molecule has 2 aliphatic rings. The fourth-order valence-corrected chi connectivity index (χ4v) is 3.03. The number of aliphatic hydroxyl groups excluding tert-OH is 1. The van der Waals surface area contributed by atoms with Gasteiger partial charge in [0.05, 0.1) is 12.3 Å². The number of aliphatic hydroxyl groups is 1. The van der Waals surface area contributed by atoms with E-state index in [1.807, 2.05) is 12.1 Å². The van der Waals surface area contributed by atoms with Crippen molar-refractivity contribution in [1.29, 1.82) is 0 Å². The highest BCUT2D eigenvalue weighted by Gasteiger charge is 2.36. The molecule has 4 nitrogen and oxygen atoms in total. The minimum Gasteiger partial charge on any atom is -0.390 e. The molecule has 0 bridgehead atoms. The minimum absolute atomic E-state index is 0.0292. The molecule has 0 aromatic carbocycles. The first kappa shape index (κ1) is 10.0. The molecule has 1 aliphatic heterocycles. The second-order valence-corrected chi connectivity index (χ2v) is 4.90. The summed E-state index contributed by atoms with van der Waals surface area (Å²) < 4.78 is 0. The average molecular weight is 219 g/mol. The zero-order valence-electron chi connectivity index (χ0n) is 9.34. The van der Waals surface area contributed by atoms with E-state index in [1.54, 1.807) is 0 Å². The molecule has 2 unspecified atom stereocenters. The maximum Gasteiger partial charge on any atom is 0.151 e. The van der Waals surface area contributed by atoms with Crippen LogP contribution in [-0.4, -0.2) is 28.4 Å². The Labute approximate surface area is 95.3 Å². The summed E-state index contributed by atoms with van der Waals surface area (Å²) in [6, 6.07) is 3.83. The lowest BCUT2D eigenvalue weighted by atomic mass is 10.0. The van der Waals surface area contributed by atoms with Crippen LogP contribution in [0, 0.1) is 11.8 Å². The number of rotatable bonds is 2. The van der Waals surface area contributed by atoms with E-state index < -0.39 is 0 Å². The third-order valence-corrected chi connectivity index (χ3v) is 3.92. The van der Waals surface area contributed by atoms with E-state index in [9.17, 15) is 0 Å². The summed E-state index contributed by atoms with van der Waals surface area (Å²) in [7, 11) is 0. The minimum atomic E-state index is -0.0292. The molecular weight excluding hydrogens is 202 g/mol. The summed E-state index contributed by atoms with van der Waals surface area (Å²) in [5.74, 6) is 2.71. The Bertz CT molecular complexity index is 353. The molecule has 1 saturated heterocycles. The topological polar surface area (TPSA) is 49.2 Å². The van der Waals surface area contributed by atoms with Gasteiger partial charge in [0.2, 0.25) is 0 Å². The molecule has 86 valence electrons. The van der Waals surface area contributed by atoms with Crippen molar-refractivity contribution < 1.29 is 5.11 Å². The first-order valence-corrected chi connectivity index (χ1v) is 6.05. The summed E-state index contributed by atoms with van der Waals surface area (Å²) in [5.41, 5.74) is 0.642. The SMILES string of the molecule is OCc1ccc(N2CC3CCCC3C2)nn1. The summed E-state index contributed by atoms with van der Waals surface area (Å²) in [5, 5.41) is 17.1. The molecule has 1 aliphatic carbocycles. The first-order valence-electron chi connectivity index (χ1n) is 6.05. The Hall–Kier alpha value is -1.16. The van der Waals surface area contributed by atoms with Gasteiger partial charge in [-0.1, -0.05) is 6.42 Å². The molecule has 2 fully saturated rings. The van der Waals surface area contributed by atoms with Crippen LogP contribution < -0.4 is 4.90 Å². The number of hydrogen-bond donors (Lipinski definition) is 1. The van der Waals surface area contributed by atoms with Crippen molar-refractivity contribution >= 4 is 5.82 Å². The van der Waals surface area contributed by atoms with E-state index in [0.29, 0.717) is 5.69 Å². The van der Waals surface area contributed by atoms with Crippen LogP contribution in [0.1, 0.15) is 25.0 Å². The van der Waals surface area contributed by atoms with Gasteiger partial charge in [0.1, 0.15) is 0 Å². The van der Waals surface area contributed by atoms with Crippen molar-refractivity contribution in [3.05, 3.63) is 17.8 Å². The van der Waals surface area contributed by atoms with Gasteiger partial charge in [-0.15, -0.1) is 5.10 Å². The van der Waals surface area contributed by atoms with Gasteiger partial charge in [-0.05, 0) is 36.8 Å². The third-order valence-electron chi connectivity index (χ3n) is 3.92. The summed E-state index contributed by atoms with van der Waals surface area (Å²) in [6.45, 7) is 2.24. The van der Waals surface area contributed by atoms with Gasteiger partial charge in [0.15, 0.2) is 5.82 Å². The van der Waals surface area contributed by atoms with Gasteiger partial charge in [-0.25, -0.2) is 0 Å². The highest BCUT2D eigenvalue weighted by atomic mass is 16.3. The largest absolute Gasteiger partial charge is 0.390 e. The molecule has 0 spiro atoms. The van der Waals surface area contributed by atoms with Crippen molar-refractivity contribution in [2.45, 2.75) is 25.9 Å². The maximum atomic E-state index is 8.91. The molecule has 2 atom stereocenters. The predicted octanol–water partition coefficient (Wildman–Crippen LogP) is 1.21. The summed E-state index contributed by atoms with van der Waals surface area (Å²) in [4.78, 5) is 2.34. The number of anilines is 1. The van der Waals surface area contributed by atoms with Crippen molar-refractivity contribution in [2.75, 3.05) is 18.0 Å². The van der Waals surface area contributed by atoms with Crippen LogP contribution >= 0.6 is 0 Å². The lowest BCUT2D eigenvalue weighted by Gasteiger charge is -2.17. The van der Waals surface area contributed by atoms with Gasteiger partial charge in [-0.3, -0.25) is 0 Å². The van der Waals surface area contributed by atoms with E-state index in [0.717, 1.165) is 30.7 Å². The Morgan fingerprint density at radius 2 is 1.94 bits per heavy atom. The smallest absolute Gasteiger partial charge is 0.151 e. The van der Waals surface area contributed by atoms with Gasteiger partial charge in [0, 0.05) is 13.1 Å². The van der Waals surface area contributed by atoms with E-state index >= 15 is 0 Å². The van der Waals surface area contributed by atoms with Crippen LogP contribution in [0.15, 0.2) is 12.1 Å². The van der Waals surface area contributed by atoms with E-state index in [2.05, 4.69) is 15.1 Å². The molecular formula is C12H17N3O. The molecule has 1 saturated carbocycles. The molecule has 2 heterocycles. The van der Waals surface area contributed by atoms with Crippen LogP contribution in [0.2, 0.25) is 0 Å². The number of hydrogen-bond acceptors (Lipinski definition) is 4. The Morgan fingerprint density at radius 3 is 2.50 bits per heavy atom. The summed E-state index contributed by atoms with van der Waals surface area (Å²) in [6.07, 6.45) is 4.16. The second kappa shape index (κ2) is 4.01. The van der Waals surface area contributed by atoms with E-state index in [-0.39, 0.29) is 6.61 Å². The molecule has 1 aromatic rings. The van der Waals surface area contributed by atoms with Crippen molar-refractivity contribution in [2.24, 2.45) is 11.8 Å². The highest BCUT2D eigenvalue weighted by Crippen LogP contribution is 2.38. The fraction of sp³-hybridized carbons (Fsp3) is 0.667. The maximum absolute atomic E-state index is 8.91. The molecule has 16 heavy (non-hydrogen) atoms. The Kier molecular flexibility index (Phi) is 2.52.